The third kappa shape index (κ3) is 5.14. The first-order chi connectivity index (χ1) is 12.3. The van der Waals surface area contributed by atoms with Crippen LogP contribution in [0, 0.1) is 5.82 Å². The molecule has 0 heterocycles. The molecule has 3 N–H and O–H groups in total. The van der Waals surface area contributed by atoms with Gasteiger partial charge in [-0.05, 0) is 31.2 Å². The average molecular weight is 357 g/mol. The second-order valence-electron chi connectivity index (χ2n) is 5.88. The molecule has 136 valence electrons. The van der Waals surface area contributed by atoms with Gasteiger partial charge in [0.1, 0.15) is 5.82 Å². The van der Waals surface area contributed by atoms with Gasteiger partial charge in [-0.15, -0.1) is 0 Å². The molecule has 0 radical (unpaired) electrons. The van der Waals surface area contributed by atoms with Crippen molar-refractivity contribution in [2.75, 3.05) is 10.6 Å². The number of nitrogens with one attached hydrogen (secondary N) is 3. The SMILES string of the molecule is CC(=O)Nc1cc(NC(C)=O)cc(C(=O)NC(C)c2ccccc2F)c1. The van der Waals surface area contributed by atoms with Gasteiger partial charge in [0, 0.05) is 36.3 Å². The van der Waals surface area contributed by atoms with Gasteiger partial charge in [0.25, 0.3) is 5.91 Å². The Morgan fingerprint density at radius 3 is 1.96 bits per heavy atom. The van der Waals surface area contributed by atoms with Crippen LogP contribution in [0.2, 0.25) is 0 Å². The summed E-state index contributed by atoms with van der Waals surface area (Å²) in [5.41, 5.74) is 1.32. The molecule has 6 nitrogen and oxygen atoms in total. The van der Waals surface area contributed by atoms with Gasteiger partial charge in [0.15, 0.2) is 0 Å². The minimum atomic E-state index is -0.558. The molecule has 1 atom stereocenters. The lowest BCUT2D eigenvalue weighted by atomic mass is 10.1. The Balaban J connectivity index is 2.27. The van der Waals surface area contributed by atoms with Crippen LogP contribution in [0.5, 0.6) is 0 Å². The number of benzene rings is 2. The molecular weight excluding hydrogens is 337 g/mol. The number of hydrogen-bond acceptors (Lipinski definition) is 3. The summed E-state index contributed by atoms with van der Waals surface area (Å²) >= 11 is 0. The van der Waals surface area contributed by atoms with E-state index in [1.54, 1.807) is 31.2 Å². The van der Waals surface area contributed by atoms with Crippen LogP contribution in [0.4, 0.5) is 15.8 Å². The average Bonchev–Trinajstić information content (AvgIpc) is 2.53. The lowest BCUT2D eigenvalue weighted by Crippen LogP contribution is -2.27. The molecule has 0 aromatic heterocycles. The standard InChI is InChI=1S/C19H20FN3O3/c1-11(17-6-4-5-7-18(17)20)21-19(26)14-8-15(22-12(2)24)10-16(9-14)23-13(3)25/h4-11H,1-3H3,(H,21,26)(H,22,24)(H,23,25). The summed E-state index contributed by atoms with van der Waals surface area (Å²) in [5.74, 6) is -1.49. The van der Waals surface area contributed by atoms with Crippen molar-refractivity contribution in [2.45, 2.75) is 26.8 Å². The van der Waals surface area contributed by atoms with Crippen molar-refractivity contribution in [3.05, 3.63) is 59.4 Å². The number of amides is 3. The molecule has 1 unspecified atom stereocenters. The molecule has 0 saturated heterocycles. The third-order valence-electron chi connectivity index (χ3n) is 3.56. The zero-order valence-corrected chi connectivity index (χ0v) is 14.7. The third-order valence-corrected chi connectivity index (χ3v) is 3.56. The van der Waals surface area contributed by atoms with Crippen LogP contribution in [0.15, 0.2) is 42.5 Å². The number of carbonyl (C=O) groups excluding carboxylic acids is 3. The van der Waals surface area contributed by atoms with Crippen LogP contribution in [0.1, 0.15) is 42.7 Å². The summed E-state index contributed by atoms with van der Waals surface area (Å²) < 4.78 is 13.9. The maximum atomic E-state index is 13.9. The van der Waals surface area contributed by atoms with Gasteiger partial charge in [-0.3, -0.25) is 14.4 Å². The van der Waals surface area contributed by atoms with Crippen molar-refractivity contribution in [3.63, 3.8) is 0 Å². The molecule has 2 rings (SSSR count). The summed E-state index contributed by atoms with van der Waals surface area (Å²) in [6, 6.07) is 10.1. The Labute approximate surface area is 150 Å². The van der Waals surface area contributed by atoms with Crippen molar-refractivity contribution in [1.29, 1.82) is 0 Å². The monoisotopic (exact) mass is 357 g/mol. The van der Waals surface area contributed by atoms with Crippen LogP contribution in [0.3, 0.4) is 0 Å². The number of hydrogen-bond donors (Lipinski definition) is 3. The molecule has 3 amide bonds. The fraction of sp³-hybridized carbons (Fsp3) is 0.211. The smallest absolute Gasteiger partial charge is 0.251 e. The van der Waals surface area contributed by atoms with E-state index >= 15 is 0 Å². The Morgan fingerprint density at radius 1 is 0.923 bits per heavy atom. The zero-order chi connectivity index (χ0) is 19.3. The summed E-state index contributed by atoms with van der Waals surface area (Å²) in [4.78, 5) is 35.1. The van der Waals surface area contributed by atoms with Gasteiger partial charge < -0.3 is 16.0 Å². The summed E-state index contributed by atoms with van der Waals surface area (Å²) in [5, 5.41) is 7.87. The Bertz CT molecular complexity index is 817. The molecule has 0 fully saturated rings. The highest BCUT2D eigenvalue weighted by atomic mass is 19.1. The first-order valence-corrected chi connectivity index (χ1v) is 8.02. The predicted molar refractivity (Wildman–Crippen MR) is 97.3 cm³/mol. The van der Waals surface area contributed by atoms with E-state index < -0.39 is 17.8 Å². The maximum absolute atomic E-state index is 13.9. The quantitative estimate of drug-likeness (QED) is 0.768. The van der Waals surface area contributed by atoms with Crippen LogP contribution < -0.4 is 16.0 Å². The first kappa shape index (κ1) is 19.1. The van der Waals surface area contributed by atoms with Gasteiger partial charge in [-0.1, -0.05) is 18.2 Å². The van der Waals surface area contributed by atoms with E-state index in [4.69, 9.17) is 0 Å². The van der Waals surface area contributed by atoms with E-state index in [0.717, 1.165) is 0 Å². The summed E-state index contributed by atoms with van der Waals surface area (Å²) in [6.07, 6.45) is 0. The highest BCUT2D eigenvalue weighted by molar-refractivity contribution is 6.00. The number of halogens is 1. The highest BCUT2D eigenvalue weighted by Crippen LogP contribution is 2.21. The number of carbonyl (C=O) groups is 3. The summed E-state index contributed by atoms with van der Waals surface area (Å²) in [6.45, 7) is 4.35. The predicted octanol–water partition coefficient (Wildman–Crippen LogP) is 3.23. The Hall–Kier alpha value is -3.22. The summed E-state index contributed by atoms with van der Waals surface area (Å²) in [7, 11) is 0. The van der Waals surface area contributed by atoms with Crippen LogP contribution in [-0.2, 0) is 9.59 Å². The second kappa shape index (κ2) is 8.24. The highest BCUT2D eigenvalue weighted by Gasteiger charge is 2.16. The van der Waals surface area contributed by atoms with Crippen LogP contribution >= 0.6 is 0 Å². The molecule has 2 aromatic carbocycles. The molecule has 0 spiro atoms. The fourth-order valence-corrected chi connectivity index (χ4v) is 2.49. The van der Waals surface area contributed by atoms with Gasteiger partial charge in [0.05, 0.1) is 6.04 Å². The molecule has 0 aliphatic heterocycles. The van der Waals surface area contributed by atoms with E-state index in [-0.39, 0.29) is 17.4 Å². The van der Waals surface area contributed by atoms with Gasteiger partial charge in [0.2, 0.25) is 11.8 Å². The largest absolute Gasteiger partial charge is 0.345 e. The fourth-order valence-electron chi connectivity index (χ4n) is 2.49. The minimum absolute atomic E-state index is 0.225. The van der Waals surface area contributed by atoms with E-state index in [2.05, 4.69) is 16.0 Å². The van der Waals surface area contributed by atoms with Gasteiger partial charge in [-0.2, -0.15) is 0 Å². The molecule has 0 aliphatic rings. The minimum Gasteiger partial charge on any atom is -0.345 e. The first-order valence-electron chi connectivity index (χ1n) is 8.02. The van der Waals surface area contributed by atoms with E-state index in [1.165, 1.54) is 32.0 Å². The molecule has 0 bridgehead atoms. The normalized spacial score (nSPS) is 11.4. The number of anilines is 2. The van der Waals surface area contributed by atoms with Crippen molar-refractivity contribution >= 4 is 29.1 Å². The van der Waals surface area contributed by atoms with Crippen molar-refractivity contribution in [1.82, 2.24) is 5.32 Å². The lowest BCUT2D eigenvalue weighted by Gasteiger charge is -2.16. The molecular formula is C19H20FN3O3. The van der Waals surface area contributed by atoms with E-state index in [9.17, 15) is 18.8 Å². The topological polar surface area (TPSA) is 87.3 Å². The second-order valence-corrected chi connectivity index (χ2v) is 5.88. The van der Waals surface area contributed by atoms with Crippen LogP contribution in [0.25, 0.3) is 0 Å². The van der Waals surface area contributed by atoms with Crippen LogP contribution in [-0.4, -0.2) is 17.7 Å². The molecule has 0 aliphatic carbocycles. The van der Waals surface area contributed by atoms with Crippen molar-refractivity contribution < 1.29 is 18.8 Å². The van der Waals surface area contributed by atoms with Crippen molar-refractivity contribution in [3.8, 4) is 0 Å². The molecule has 2 aromatic rings. The Kier molecular flexibility index (Phi) is 6.06. The van der Waals surface area contributed by atoms with Crippen molar-refractivity contribution in [2.24, 2.45) is 0 Å². The van der Waals surface area contributed by atoms with E-state index in [1.807, 2.05) is 0 Å². The van der Waals surface area contributed by atoms with E-state index in [0.29, 0.717) is 16.9 Å². The number of rotatable bonds is 5. The maximum Gasteiger partial charge on any atom is 0.251 e. The zero-order valence-electron chi connectivity index (χ0n) is 14.7. The Morgan fingerprint density at radius 2 is 1.46 bits per heavy atom. The lowest BCUT2D eigenvalue weighted by molar-refractivity contribution is -0.115. The molecule has 26 heavy (non-hydrogen) atoms. The van der Waals surface area contributed by atoms with Gasteiger partial charge >= 0.3 is 0 Å². The molecule has 7 heteroatoms. The molecule has 0 saturated carbocycles. The van der Waals surface area contributed by atoms with Gasteiger partial charge in [-0.25, -0.2) is 4.39 Å².